The second kappa shape index (κ2) is 2.17. The zero-order chi connectivity index (χ0) is 7.84. The summed E-state index contributed by atoms with van der Waals surface area (Å²) in [5, 5.41) is 0.454. The van der Waals surface area contributed by atoms with Crippen LogP contribution in [0.4, 0.5) is 0 Å². The minimum atomic E-state index is 0.454. The molecular weight excluding hydrogens is 164 g/mol. The summed E-state index contributed by atoms with van der Waals surface area (Å²) in [6.45, 7) is 0. The predicted octanol–water partition coefficient (Wildman–Crippen LogP) is 0.436. The Hall–Kier alpha value is -1.16. The fourth-order valence-electron chi connectivity index (χ4n) is 0.963. The third-order valence-electron chi connectivity index (χ3n) is 1.50. The molecule has 0 aromatic carbocycles. The molecule has 1 N–H and O–H groups in total. The molecule has 0 unspecified atom stereocenters. The second-order valence-corrected chi connectivity index (χ2v) is 2.61. The number of aromatic amines is 1. The van der Waals surface area contributed by atoms with Gasteiger partial charge in [-0.15, -0.1) is 0 Å². The smallest absolute Gasteiger partial charge is 0.292 e. The molecule has 5 heteroatoms. The number of nitrogens with one attached hydrogen (secondary N) is 1. The Labute approximate surface area is 67.9 Å². The maximum atomic E-state index is 5.77. The van der Waals surface area contributed by atoms with Crippen molar-refractivity contribution in [3.63, 3.8) is 0 Å². The number of H-pyrrole nitrogens is 1. The van der Waals surface area contributed by atoms with Crippen LogP contribution in [0.25, 0.3) is 11.2 Å². The summed E-state index contributed by atoms with van der Waals surface area (Å²) in [6.07, 6.45) is 3.23. The van der Waals surface area contributed by atoms with Crippen LogP contribution in [0.15, 0.2) is 12.7 Å². The first kappa shape index (κ1) is 6.54. The number of hydrogen-bond acceptors (Lipinski definition) is 2. The summed E-state index contributed by atoms with van der Waals surface area (Å²) >= 11 is 5.77. The summed E-state index contributed by atoms with van der Waals surface area (Å²) in [5.41, 5.74) is 1.58. The molecule has 56 valence electrons. The van der Waals surface area contributed by atoms with E-state index >= 15 is 0 Å². The summed E-state index contributed by atoms with van der Waals surface area (Å²) in [7, 11) is 1.87. The van der Waals surface area contributed by atoms with Gasteiger partial charge in [0.25, 0.3) is 5.65 Å². The van der Waals surface area contributed by atoms with E-state index in [0.717, 1.165) is 11.2 Å². The highest BCUT2D eigenvalue weighted by atomic mass is 35.5. The van der Waals surface area contributed by atoms with E-state index in [2.05, 4.69) is 15.0 Å². The van der Waals surface area contributed by atoms with Crippen LogP contribution in [-0.4, -0.2) is 15.0 Å². The van der Waals surface area contributed by atoms with E-state index < -0.39 is 0 Å². The minimum Gasteiger partial charge on any atom is -0.323 e. The predicted molar refractivity (Wildman–Crippen MR) is 40.1 cm³/mol. The van der Waals surface area contributed by atoms with Gasteiger partial charge < -0.3 is 4.98 Å². The van der Waals surface area contributed by atoms with Crippen molar-refractivity contribution in [1.29, 1.82) is 0 Å². The largest absolute Gasteiger partial charge is 0.323 e. The number of hydrogen-bond donors (Lipinski definition) is 1. The summed E-state index contributed by atoms with van der Waals surface area (Å²) in [5.74, 6) is 0. The van der Waals surface area contributed by atoms with Crippen LogP contribution in [0.5, 0.6) is 0 Å². The zero-order valence-corrected chi connectivity index (χ0v) is 6.63. The molecule has 0 atom stereocenters. The van der Waals surface area contributed by atoms with Gasteiger partial charge in [0.2, 0.25) is 11.5 Å². The van der Waals surface area contributed by atoms with Crippen molar-refractivity contribution >= 4 is 22.8 Å². The highest BCUT2D eigenvalue weighted by Crippen LogP contribution is 2.12. The quantitative estimate of drug-likeness (QED) is 0.460. The van der Waals surface area contributed by atoms with Gasteiger partial charge in [-0.1, -0.05) is 9.97 Å². The van der Waals surface area contributed by atoms with Crippen molar-refractivity contribution < 1.29 is 4.57 Å². The lowest BCUT2D eigenvalue weighted by atomic mass is 10.5. The Morgan fingerprint density at radius 2 is 2.36 bits per heavy atom. The Morgan fingerprint density at radius 1 is 1.55 bits per heavy atom. The summed E-state index contributed by atoms with van der Waals surface area (Å²) in [4.78, 5) is 10.9. The van der Waals surface area contributed by atoms with E-state index in [1.165, 1.54) is 0 Å². The molecule has 0 saturated heterocycles. The van der Waals surface area contributed by atoms with Gasteiger partial charge in [-0.2, -0.15) is 0 Å². The molecule has 2 aromatic heterocycles. The van der Waals surface area contributed by atoms with Gasteiger partial charge in [0.15, 0.2) is 11.8 Å². The monoisotopic (exact) mass is 169 g/mol. The molecule has 0 radical (unpaired) electrons. The minimum absolute atomic E-state index is 0.454. The van der Waals surface area contributed by atoms with Crippen molar-refractivity contribution in [3.8, 4) is 0 Å². The number of rotatable bonds is 0. The normalized spacial score (nSPS) is 10.7. The van der Waals surface area contributed by atoms with Crippen molar-refractivity contribution in [1.82, 2.24) is 15.0 Å². The molecule has 2 rings (SSSR count). The first-order valence-corrected chi connectivity index (χ1v) is 3.50. The van der Waals surface area contributed by atoms with Gasteiger partial charge in [0.1, 0.15) is 0 Å². The molecule has 0 spiro atoms. The number of fused-ring (bicyclic) bond motifs is 1. The maximum Gasteiger partial charge on any atom is 0.292 e. The first-order chi connectivity index (χ1) is 5.29. The van der Waals surface area contributed by atoms with Crippen LogP contribution in [0.3, 0.4) is 0 Å². The molecule has 0 fully saturated rings. The van der Waals surface area contributed by atoms with Crippen LogP contribution in [0.1, 0.15) is 0 Å². The maximum absolute atomic E-state index is 5.77. The molecular formula is C6H6ClN4+. The second-order valence-electron chi connectivity index (χ2n) is 2.25. The summed E-state index contributed by atoms with van der Waals surface area (Å²) < 4.78 is 1.80. The zero-order valence-electron chi connectivity index (χ0n) is 5.87. The van der Waals surface area contributed by atoms with Crippen LogP contribution < -0.4 is 4.57 Å². The average Bonchev–Trinajstić information content (AvgIpc) is 2.45. The van der Waals surface area contributed by atoms with Crippen LogP contribution in [0.2, 0.25) is 5.15 Å². The van der Waals surface area contributed by atoms with Gasteiger partial charge >= 0.3 is 0 Å². The van der Waals surface area contributed by atoms with Crippen LogP contribution >= 0.6 is 11.6 Å². The SMILES string of the molecule is C[n+]1cnc(Cl)c2[nH]cnc21. The Balaban J connectivity index is 2.96. The molecule has 2 aromatic rings. The molecule has 0 saturated carbocycles. The molecule has 2 heterocycles. The standard InChI is InChI=1S/C6H5ClN4/c1-11-3-10-5(7)4-6(11)9-2-8-4/h2-3H,1H3/p+1. The average molecular weight is 170 g/mol. The van der Waals surface area contributed by atoms with E-state index in [1.807, 2.05) is 7.05 Å². The van der Waals surface area contributed by atoms with Crippen molar-refractivity contribution in [3.05, 3.63) is 17.8 Å². The Bertz CT molecular complexity index is 358. The molecule has 0 aliphatic rings. The van der Waals surface area contributed by atoms with Crippen molar-refractivity contribution in [2.24, 2.45) is 7.05 Å². The third-order valence-corrected chi connectivity index (χ3v) is 1.79. The van der Waals surface area contributed by atoms with Crippen molar-refractivity contribution in [2.45, 2.75) is 0 Å². The van der Waals surface area contributed by atoms with Gasteiger partial charge in [0.05, 0.1) is 7.05 Å². The molecule has 0 aliphatic carbocycles. The van der Waals surface area contributed by atoms with Gasteiger partial charge in [-0.05, 0) is 11.6 Å². The lowest BCUT2D eigenvalue weighted by Crippen LogP contribution is -2.29. The van der Waals surface area contributed by atoms with Gasteiger partial charge in [0, 0.05) is 0 Å². The highest BCUT2D eigenvalue weighted by molar-refractivity contribution is 6.33. The lowest BCUT2D eigenvalue weighted by molar-refractivity contribution is -0.649. The highest BCUT2D eigenvalue weighted by Gasteiger charge is 2.11. The van der Waals surface area contributed by atoms with Gasteiger partial charge in [-0.25, -0.2) is 4.57 Å². The molecule has 4 nitrogen and oxygen atoms in total. The number of aryl methyl sites for hydroxylation is 1. The number of halogens is 1. The van der Waals surface area contributed by atoms with Crippen LogP contribution in [-0.2, 0) is 7.05 Å². The third kappa shape index (κ3) is 0.867. The van der Waals surface area contributed by atoms with E-state index in [9.17, 15) is 0 Å². The van der Waals surface area contributed by atoms with E-state index in [4.69, 9.17) is 11.6 Å². The fourth-order valence-corrected chi connectivity index (χ4v) is 1.15. The molecule has 0 bridgehead atoms. The van der Waals surface area contributed by atoms with E-state index in [-0.39, 0.29) is 0 Å². The molecule has 0 amide bonds. The molecule has 11 heavy (non-hydrogen) atoms. The Kier molecular flexibility index (Phi) is 1.29. The number of nitrogens with zero attached hydrogens (tertiary/aromatic N) is 3. The summed E-state index contributed by atoms with van der Waals surface area (Å²) in [6, 6.07) is 0. The van der Waals surface area contributed by atoms with E-state index in [0.29, 0.717) is 5.15 Å². The number of imidazole rings is 1. The van der Waals surface area contributed by atoms with E-state index in [1.54, 1.807) is 17.2 Å². The van der Waals surface area contributed by atoms with Crippen LogP contribution in [0, 0.1) is 0 Å². The van der Waals surface area contributed by atoms with Gasteiger partial charge in [-0.3, -0.25) is 0 Å². The lowest BCUT2D eigenvalue weighted by Gasteiger charge is -1.89. The first-order valence-electron chi connectivity index (χ1n) is 3.12. The Morgan fingerprint density at radius 3 is 3.09 bits per heavy atom. The topological polar surface area (TPSA) is 45.5 Å². The molecule has 0 aliphatic heterocycles. The van der Waals surface area contributed by atoms with Crippen molar-refractivity contribution in [2.75, 3.05) is 0 Å². The number of aromatic nitrogens is 4. The fraction of sp³-hybridized carbons (Fsp3) is 0.167.